The van der Waals surface area contributed by atoms with Gasteiger partial charge >= 0.3 is 0 Å². The molecule has 2 heterocycles. The second-order valence-corrected chi connectivity index (χ2v) is 7.34. The lowest BCUT2D eigenvalue weighted by Gasteiger charge is -2.14. The predicted molar refractivity (Wildman–Crippen MR) is 95.0 cm³/mol. The van der Waals surface area contributed by atoms with Crippen molar-refractivity contribution >= 4 is 34.5 Å². The zero-order valence-corrected chi connectivity index (χ0v) is 14.7. The first-order valence-corrected chi connectivity index (χ1v) is 9.01. The lowest BCUT2D eigenvalue weighted by molar-refractivity contribution is -0.127. The Kier molecular flexibility index (Phi) is 4.31. The summed E-state index contributed by atoms with van der Waals surface area (Å²) in [5.41, 5.74) is 1.69. The average Bonchev–Trinajstić information content (AvgIpc) is 3.16. The number of benzene rings is 2. The van der Waals surface area contributed by atoms with E-state index in [1.54, 1.807) is 12.1 Å². The van der Waals surface area contributed by atoms with Crippen molar-refractivity contribution in [2.75, 3.05) is 6.79 Å². The third kappa shape index (κ3) is 3.19. The maximum absolute atomic E-state index is 12.7. The molecule has 0 spiro atoms. The largest absolute Gasteiger partial charge is 0.454 e. The molecule has 5 nitrogen and oxygen atoms in total. The molecule has 0 saturated carbocycles. The number of nitrogens with zero attached hydrogens (tertiary/aromatic N) is 1. The van der Waals surface area contributed by atoms with Crippen LogP contribution in [-0.2, 0) is 17.8 Å². The van der Waals surface area contributed by atoms with Gasteiger partial charge in [0.15, 0.2) is 11.5 Å². The topological polar surface area (TPSA) is 55.8 Å². The number of carbonyl (C=O) groups excluding carboxylic acids is 2. The monoisotopic (exact) mass is 375 g/mol. The van der Waals surface area contributed by atoms with Crippen LogP contribution in [0.15, 0.2) is 42.5 Å². The first kappa shape index (κ1) is 16.3. The molecular formula is C18H14ClNO4S. The van der Waals surface area contributed by atoms with Gasteiger partial charge in [-0.2, -0.15) is 0 Å². The lowest BCUT2D eigenvalue weighted by atomic mass is 10.1. The van der Waals surface area contributed by atoms with E-state index >= 15 is 0 Å². The molecule has 2 aromatic rings. The van der Waals surface area contributed by atoms with E-state index in [4.69, 9.17) is 21.1 Å². The van der Waals surface area contributed by atoms with Crippen LogP contribution in [0, 0.1) is 0 Å². The summed E-state index contributed by atoms with van der Waals surface area (Å²) in [6.07, 6.45) is 0.371. The molecule has 2 amide bonds. The number of amides is 2. The Bertz CT molecular complexity index is 842. The van der Waals surface area contributed by atoms with Crippen molar-refractivity contribution < 1.29 is 19.1 Å². The molecule has 4 rings (SSSR count). The van der Waals surface area contributed by atoms with Crippen molar-refractivity contribution in [2.24, 2.45) is 0 Å². The normalized spacial score (nSPS) is 18.9. The van der Waals surface area contributed by atoms with E-state index < -0.39 is 5.25 Å². The van der Waals surface area contributed by atoms with Crippen molar-refractivity contribution in [2.45, 2.75) is 18.2 Å². The highest BCUT2D eigenvalue weighted by atomic mass is 35.5. The summed E-state index contributed by atoms with van der Waals surface area (Å²) >= 11 is 7.33. The summed E-state index contributed by atoms with van der Waals surface area (Å²) in [5, 5.41) is -0.198. The number of rotatable bonds is 4. The van der Waals surface area contributed by atoms with Crippen molar-refractivity contribution in [1.29, 1.82) is 0 Å². The molecule has 0 bridgehead atoms. The van der Waals surface area contributed by atoms with Gasteiger partial charge < -0.3 is 9.47 Å². The maximum Gasteiger partial charge on any atom is 0.289 e. The van der Waals surface area contributed by atoms with Crippen LogP contribution in [0.3, 0.4) is 0 Å². The van der Waals surface area contributed by atoms with Crippen molar-refractivity contribution in [1.82, 2.24) is 4.90 Å². The molecule has 1 saturated heterocycles. The first-order valence-electron chi connectivity index (χ1n) is 7.76. The van der Waals surface area contributed by atoms with Gasteiger partial charge in [0, 0.05) is 11.1 Å². The number of carbonyl (C=O) groups is 2. The van der Waals surface area contributed by atoms with Gasteiger partial charge in [-0.15, -0.1) is 0 Å². The maximum atomic E-state index is 12.7. The van der Waals surface area contributed by atoms with Gasteiger partial charge in [0.05, 0.1) is 11.8 Å². The fourth-order valence-electron chi connectivity index (χ4n) is 2.85. The van der Waals surface area contributed by atoms with Gasteiger partial charge in [-0.25, -0.2) is 0 Å². The van der Waals surface area contributed by atoms with Crippen LogP contribution in [0.25, 0.3) is 0 Å². The Morgan fingerprint density at radius 3 is 2.60 bits per heavy atom. The Hall–Kier alpha value is -2.18. The second-order valence-electron chi connectivity index (χ2n) is 5.78. The van der Waals surface area contributed by atoms with Crippen LogP contribution in [0.2, 0.25) is 5.02 Å². The minimum absolute atomic E-state index is 0.162. The van der Waals surface area contributed by atoms with E-state index in [2.05, 4.69) is 0 Å². The summed E-state index contributed by atoms with van der Waals surface area (Å²) in [5.74, 6) is 1.02. The molecule has 2 aromatic carbocycles. The van der Waals surface area contributed by atoms with E-state index in [9.17, 15) is 9.59 Å². The van der Waals surface area contributed by atoms with Crippen LogP contribution < -0.4 is 9.47 Å². The molecular weight excluding hydrogens is 362 g/mol. The zero-order valence-electron chi connectivity index (χ0n) is 13.1. The Morgan fingerprint density at radius 1 is 1.12 bits per heavy atom. The smallest absolute Gasteiger partial charge is 0.289 e. The number of thioether (sulfide) groups is 1. The highest BCUT2D eigenvalue weighted by molar-refractivity contribution is 8.15. The van der Waals surface area contributed by atoms with E-state index in [0.717, 1.165) is 22.9 Å². The molecule has 2 aliphatic heterocycles. The quantitative estimate of drug-likeness (QED) is 0.811. The molecule has 128 valence electrons. The number of halogens is 1. The SMILES string of the molecule is O=C1S[C@@H](Cc2cc3c(cc2Cl)OCO3)C(=O)N1Cc1ccccc1. The minimum Gasteiger partial charge on any atom is -0.454 e. The van der Waals surface area contributed by atoms with Gasteiger partial charge in [0.25, 0.3) is 5.24 Å². The molecule has 7 heteroatoms. The summed E-state index contributed by atoms with van der Waals surface area (Å²) in [4.78, 5) is 26.2. The van der Waals surface area contributed by atoms with Gasteiger partial charge in [-0.3, -0.25) is 14.5 Å². The standard InChI is InChI=1S/C18H14ClNO4S/c19-13-8-15-14(23-10-24-15)6-12(13)7-16-17(21)20(18(22)25-16)9-11-4-2-1-3-5-11/h1-6,8,16H,7,9-10H2/t16-/m0/s1. The fourth-order valence-corrected chi connectivity index (χ4v) is 4.10. The van der Waals surface area contributed by atoms with E-state index in [1.807, 2.05) is 30.3 Å². The van der Waals surface area contributed by atoms with Gasteiger partial charge in [0.2, 0.25) is 12.7 Å². The molecule has 0 N–H and O–H groups in total. The molecule has 1 atom stereocenters. The van der Waals surface area contributed by atoms with Crippen LogP contribution in [0.4, 0.5) is 4.79 Å². The number of hydrogen-bond acceptors (Lipinski definition) is 5. The van der Waals surface area contributed by atoms with Crippen LogP contribution in [-0.4, -0.2) is 28.1 Å². The number of imide groups is 1. The van der Waals surface area contributed by atoms with Gasteiger partial charge in [0.1, 0.15) is 0 Å². The van der Waals surface area contributed by atoms with E-state index in [0.29, 0.717) is 22.9 Å². The Morgan fingerprint density at radius 2 is 1.84 bits per heavy atom. The minimum atomic E-state index is -0.478. The molecule has 0 aliphatic carbocycles. The molecule has 2 aliphatic rings. The summed E-state index contributed by atoms with van der Waals surface area (Å²) < 4.78 is 10.6. The molecule has 0 aromatic heterocycles. The number of hydrogen-bond donors (Lipinski definition) is 0. The lowest BCUT2D eigenvalue weighted by Crippen LogP contribution is -2.31. The van der Waals surface area contributed by atoms with Crippen LogP contribution >= 0.6 is 23.4 Å². The highest BCUT2D eigenvalue weighted by Crippen LogP contribution is 2.39. The molecule has 1 fully saturated rings. The third-order valence-electron chi connectivity index (χ3n) is 4.14. The zero-order chi connectivity index (χ0) is 17.4. The van der Waals surface area contributed by atoms with Crippen molar-refractivity contribution in [3.05, 3.63) is 58.6 Å². The molecule has 0 unspecified atom stereocenters. The Balaban J connectivity index is 1.51. The summed E-state index contributed by atoms with van der Waals surface area (Å²) in [6.45, 7) is 0.451. The third-order valence-corrected chi connectivity index (χ3v) is 5.56. The first-order chi connectivity index (χ1) is 12.1. The summed E-state index contributed by atoms with van der Waals surface area (Å²) in [7, 11) is 0. The van der Waals surface area contributed by atoms with Gasteiger partial charge in [-0.1, -0.05) is 53.7 Å². The predicted octanol–water partition coefficient (Wildman–Crippen LogP) is 3.88. The van der Waals surface area contributed by atoms with Gasteiger partial charge in [-0.05, 0) is 23.6 Å². The summed E-state index contributed by atoms with van der Waals surface area (Å²) in [6, 6.07) is 12.9. The number of fused-ring (bicyclic) bond motifs is 1. The van der Waals surface area contributed by atoms with Crippen LogP contribution in [0.5, 0.6) is 11.5 Å². The van der Waals surface area contributed by atoms with Crippen molar-refractivity contribution in [3.8, 4) is 11.5 Å². The van der Waals surface area contributed by atoms with Crippen molar-refractivity contribution in [3.63, 3.8) is 0 Å². The fraction of sp³-hybridized carbons (Fsp3) is 0.222. The average molecular weight is 376 g/mol. The molecule has 25 heavy (non-hydrogen) atoms. The Labute approximate surface area is 153 Å². The highest BCUT2D eigenvalue weighted by Gasteiger charge is 2.39. The second kappa shape index (κ2) is 6.61. The van der Waals surface area contributed by atoms with E-state index in [1.165, 1.54) is 4.90 Å². The number of ether oxygens (including phenoxy) is 2. The van der Waals surface area contributed by atoms with Crippen LogP contribution in [0.1, 0.15) is 11.1 Å². The molecule has 0 radical (unpaired) electrons. The van der Waals surface area contributed by atoms with E-state index in [-0.39, 0.29) is 24.5 Å².